The van der Waals surface area contributed by atoms with Crippen LogP contribution >= 0.6 is 0 Å². The maximum atomic E-state index is 12.9. The summed E-state index contributed by atoms with van der Waals surface area (Å²) in [5.74, 6) is -2.82. The summed E-state index contributed by atoms with van der Waals surface area (Å²) in [5, 5.41) is 4.77. The molecule has 0 bridgehead atoms. The molecule has 1 saturated heterocycles. The van der Waals surface area contributed by atoms with Gasteiger partial charge < -0.3 is 19.5 Å². The second-order valence-electron chi connectivity index (χ2n) is 8.46. The molecule has 0 aliphatic carbocycles. The molecule has 2 N–H and O–H groups in total. The number of carbonyl (C=O) groups excluding carboxylic acids is 5. The van der Waals surface area contributed by atoms with Crippen LogP contribution in [-0.4, -0.2) is 73.5 Å². The minimum absolute atomic E-state index is 0.0399. The van der Waals surface area contributed by atoms with E-state index in [1.54, 1.807) is 0 Å². The van der Waals surface area contributed by atoms with Crippen molar-refractivity contribution in [3.05, 3.63) is 65.2 Å². The van der Waals surface area contributed by atoms with Crippen LogP contribution in [0.15, 0.2) is 48.5 Å². The summed E-state index contributed by atoms with van der Waals surface area (Å²) in [6.45, 7) is 1.65. The van der Waals surface area contributed by atoms with Crippen molar-refractivity contribution in [1.82, 2.24) is 10.2 Å². The van der Waals surface area contributed by atoms with Crippen molar-refractivity contribution in [2.75, 3.05) is 38.4 Å². The van der Waals surface area contributed by atoms with Gasteiger partial charge >= 0.3 is 0 Å². The summed E-state index contributed by atoms with van der Waals surface area (Å²) >= 11 is 0. The number of rotatable bonds is 12. The summed E-state index contributed by atoms with van der Waals surface area (Å²) in [6, 6.07) is 13.1. The number of benzene rings is 2. The smallest absolute Gasteiger partial charge is 0.262 e. The van der Waals surface area contributed by atoms with E-state index in [-0.39, 0.29) is 37.2 Å². The van der Waals surface area contributed by atoms with Gasteiger partial charge in [-0.2, -0.15) is 0 Å². The lowest BCUT2D eigenvalue weighted by atomic mass is 10.0. The van der Waals surface area contributed by atoms with E-state index in [4.69, 9.17) is 14.2 Å². The van der Waals surface area contributed by atoms with E-state index in [2.05, 4.69) is 10.6 Å². The number of anilines is 1. The summed E-state index contributed by atoms with van der Waals surface area (Å²) in [7, 11) is 0. The Bertz CT molecular complexity index is 1180. The quantitative estimate of drug-likeness (QED) is 0.322. The molecule has 0 saturated carbocycles. The van der Waals surface area contributed by atoms with E-state index in [1.807, 2.05) is 30.3 Å². The number of ether oxygens (including phenoxy) is 3. The molecule has 0 radical (unpaired) electrons. The number of hydrogen-bond donors (Lipinski definition) is 2. The summed E-state index contributed by atoms with van der Waals surface area (Å²) in [5.41, 5.74) is 1.61. The standard InChI is InChI=1S/C26H27N3O8/c30-22-9-8-21(24(32)28-22)29-25(33)19-7-6-18(14-20(19)26(29)34)27-23(31)16-37-13-11-35-10-12-36-15-17-4-2-1-3-5-17/h1-7,14,21H,8-13,15-16H2,(H,27,31)(H,28,30,32). The van der Waals surface area contributed by atoms with Gasteiger partial charge in [-0.3, -0.25) is 34.2 Å². The highest BCUT2D eigenvalue weighted by atomic mass is 16.5. The van der Waals surface area contributed by atoms with Gasteiger partial charge in [0.1, 0.15) is 12.6 Å². The topological polar surface area (TPSA) is 140 Å². The summed E-state index contributed by atoms with van der Waals surface area (Å²) < 4.78 is 16.2. The predicted octanol–water partition coefficient (Wildman–Crippen LogP) is 1.28. The zero-order valence-electron chi connectivity index (χ0n) is 20.1. The van der Waals surface area contributed by atoms with Crippen molar-refractivity contribution in [3.63, 3.8) is 0 Å². The Morgan fingerprint density at radius 1 is 0.892 bits per heavy atom. The summed E-state index contributed by atoms with van der Waals surface area (Å²) in [4.78, 5) is 62.2. The second-order valence-corrected chi connectivity index (χ2v) is 8.46. The average Bonchev–Trinajstić information content (AvgIpc) is 3.13. The van der Waals surface area contributed by atoms with Gasteiger partial charge in [-0.1, -0.05) is 30.3 Å². The molecule has 0 aromatic heterocycles. The molecule has 11 heteroatoms. The highest BCUT2D eigenvalue weighted by molar-refractivity contribution is 6.23. The van der Waals surface area contributed by atoms with Gasteiger partial charge in [-0.15, -0.1) is 0 Å². The molecule has 0 spiro atoms. The number of amides is 5. The number of nitrogens with zero attached hydrogens (tertiary/aromatic N) is 1. The second kappa shape index (κ2) is 12.3. The fraction of sp³-hybridized carbons (Fsp3) is 0.346. The Hall–Kier alpha value is -3.93. The third-order valence-electron chi connectivity index (χ3n) is 5.81. The van der Waals surface area contributed by atoms with Crippen LogP contribution in [0, 0.1) is 0 Å². The van der Waals surface area contributed by atoms with E-state index in [0.29, 0.717) is 32.1 Å². The highest BCUT2D eigenvalue weighted by Crippen LogP contribution is 2.29. The average molecular weight is 510 g/mol. The molecule has 11 nitrogen and oxygen atoms in total. The van der Waals surface area contributed by atoms with Crippen LogP contribution in [0.25, 0.3) is 0 Å². The lowest BCUT2D eigenvalue weighted by Gasteiger charge is -2.27. The number of fused-ring (bicyclic) bond motifs is 1. The van der Waals surface area contributed by atoms with Crippen LogP contribution in [-0.2, 0) is 35.2 Å². The Kier molecular flexibility index (Phi) is 8.72. The fourth-order valence-corrected chi connectivity index (χ4v) is 4.01. The first-order valence-corrected chi connectivity index (χ1v) is 11.9. The predicted molar refractivity (Wildman–Crippen MR) is 129 cm³/mol. The molecule has 2 heterocycles. The number of nitrogens with one attached hydrogen (secondary N) is 2. The number of hydrogen-bond acceptors (Lipinski definition) is 8. The van der Waals surface area contributed by atoms with Gasteiger partial charge in [-0.05, 0) is 30.2 Å². The van der Waals surface area contributed by atoms with Crippen LogP contribution in [0.4, 0.5) is 5.69 Å². The van der Waals surface area contributed by atoms with Crippen molar-refractivity contribution in [1.29, 1.82) is 0 Å². The third-order valence-corrected chi connectivity index (χ3v) is 5.81. The maximum absolute atomic E-state index is 12.9. The molecule has 5 amide bonds. The van der Waals surface area contributed by atoms with E-state index >= 15 is 0 Å². The molecular weight excluding hydrogens is 482 g/mol. The van der Waals surface area contributed by atoms with Crippen molar-refractivity contribution in [2.45, 2.75) is 25.5 Å². The third kappa shape index (κ3) is 6.64. The highest BCUT2D eigenvalue weighted by Gasteiger charge is 2.44. The van der Waals surface area contributed by atoms with Gasteiger partial charge in [0.2, 0.25) is 17.7 Å². The van der Waals surface area contributed by atoms with Crippen LogP contribution in [0.5, 0.6) is 0 Å². The first kappa shape index (κ1) is 26.1. The van der Waals surface area contributed by atoms with E-state index in [0.717, 1.165) is 10.5 Å². The largest absolute Gasteiger partial charge is 0.377 e. The van der Waals surface area contributed by atoms with Crippen LogP contribution < -0.4 is 10.6 Å². The number of piperidine rings is 1. The molecule has 2 aliphatic rings. The first-order chi connectivity index (χ1) is 17.9. The van der Waals surface area contributed by atoms with Crippen molar-refractivity contribution < 1.29 is 38.2 Å². The van der Waals surface area contributed by atoms with Gasteiger partial charge in [0.05, 0.1) is 44.2 Å². The SMILES string of the molecule is O=C1CCC(N2C(=O)c3ccc(NC(=O)COCCOCCOCc4ccccc4)cc3C2=O)C(=O)N1. The van der Waals surface area contributed by atoms with Gasteiger partial charge in [-0.25, -0.2) is 0 Å². The van der Waals surface area contributed by atoms with Gasteiger partial charge in [0.25, 0.3) is 11.8 Å². The molecule has 2 aromatic carbocycles. The van der Waals surface area contributed by atoms with E-state index < -0.39 is 35.6 Å². The fourth-order valence-electron chi connectivity index (χ4n) is 4.01. The van der Waals surface area contributed by atoms with Gasteiger partial charge in [0.15, 0.2) is 0 Å². The molecule has 2 aliphatic heterocycles. The van der Waals surface area contributed by atoms with Crippen LogP contribution in [0.3, 0.4) is 0 Å². The van der Waals surface area contributed by atoms with Crippen molar-refractivity contribution >= 4 is 35.2 Å². The monoisotopic (exact) mass is 509 g/mol. The molecule has 1 fully saturated rings. The number of imide groups is 2. The molecule has 37 heavy (non-hydrogen) atoms. The molecule has 1 unspecified atom stereocenters. The van der Waals surface area contributed by atoms with E-state index in [9.17, 15) is 24.0 Å². The van der Waals surface area contributed by atoms with E-state index in [1.165, 1.54) is 18.2 Å². The zero-order chi connectivity index (χ0) is 26.2. The summed E-state index contributed by atoms with van der Waals surface area (Å²) in [6.07, 6.45) is 0.111. The first-order valence-electron chi connectivity index (χ1n) is 11.9. The lowest BCUT2D eigenvalue weighted by molar-refractivity contribution is -0.136. The van der Waals surface area contributed by atoms with Crippen molar-refractivity contribution in [2.24, 2.45) is 0 Å². The molecular formula is C26H27N3O8. The van der Waals surface area contributed by atoms with Crippen LogP contribution in [0.1, 0.15) is 39.1 Å². The Balaban J connectivity index is 1.16. The van der Waals surface area contributed by atoms with Crippen LogP contribution in [0.2, 0.25) is 0 Å². The lowest BCUT2D eigenvalue weighted by Crippen LogP contribution is -2.54. The van der Waals surface area contributed by atoms with Gasteiger partial charge in [0, 0.05) is 12.1 Å². The zero-order valence-corrected chi connectivity index (χ0v) is 20.1. The van der Waals surface area contributed by atoms with Crippen molar-refractivity contribution in [3.8, 4) is 0 Å². The molecule has 194 valence electrons. The molecule has 1 atom stereocenters. The Labute approximate surface area is 213 Å². The minimum atomic E-state index is -1.05. The Morgan fingerprint density at radius 2 is 1.59 bits per heavy atom. The minimum Gasteiger partial charge on any atom is -0.377 e. The normalized spacial score (nSPS) is 17.1. The Morgan fingerprint density at radius 3 is 2.35 bits per heavy atom. The molecule has 4 rings (SSSR count). The maximum Gasteiger partial charge on any atom is 0.262 e. The molecule has 2 aromatic rings. The number of carbonyl (C=O) groups is 5.